The summed E-state index contributed by atoms with van der Waals surface area (Å²) in [7, 11) is 0. The minimum Gasteiger partial charge on any atom is -0.507 e. The molecular formula is C9H10BrFO3. The maximum Gasteiger partial charge on any atom is 0.126 e. The number of aliphatic hydroxyl groups is 2. The second-order valence-electron chi connectivity index (χ2n) is 2.87. The van der Waals surface area contributed by atoms with E-state index in [0.717, 1.165) is 12.1 Å². The van der Waals surface area contributed by atoms with Crippen LogP contribution in [0.2, 0.25) is 0 Å². The van der Waals surface area contributed by atoms with E-state index in [4.69, 9.17) is 0 Å². The van der Waals surface area contributed by atoms with Gasteiger partial charge in [-0.25, -0.2) is 4.39 Å². The van der Waals surface area contributed by atoms with Crippen LogP contribution in [0.5, 0.6) is 5.75 Å². The Bertz CT molecular complexity index is 319. The lowest BCUT2D eigenvalue weighted by Crippen LogP contribution is -2.19. The van der Waals surface area contributed by atoms with E-state index in [9.17, 15) is 19.7 Å². The summed E-state index contributed by atoms with van der Waals surface area (Å²) in [6, 6.07) is 3.24. The number of benzene rings is 1. The van der Waals surface area contributed by atoms with E-state index >= 15 is 0 Å². The average Bonchev–Trinajstić information content (AvgIpc) is 2.15. The molecule has 0 bridgehead atoms. The molecule has 3 nitrogen and oxygen atoms in total. The van der Waals surface area contributed by atoms with E-state index in [2.05, 4.69) is 15.9 Å². The van der Waals surface area contributed by atoms with Gasteiger partial charge in [-0.15, -0.1) is 0 Å². The summed E-state index contributed by atoms with van der Waals surface area (Å²) < 4.78 is 12.6. The summed E-state index contributed by atoms with van der Waals surface area (Å²) >= 11 is 2.99. The van der Waals surface area contributed by atoms with Crippen molar-refractivity contribution in [2.24, 2.45) is 0 Å². The van der Waals surface area contributed by atoms with Gasteiger partial charge in [0.1, 0.15) is 17.7 Å². The zero-order valence-corrected chi connectivity index (χ0v) is 8.78. The number of phenols is 1. The average molecular weight is 265 g/mol. The Kier molecular flexibility index (Phi) is 3.86. The molecule has 1 rings (SSSR count). The molecule has 78 valence electrons. The molecule has 0 amide bonds. The van der Waals surface area contributed by atoms with Crippen LogP contribution in [-0.2, 0) is 0 Å². The lowest BCUT2D eigenvalue weighted by Gasteiger charge is -2.16. The first-order valence-electron chi connectivity index (χ1n) is 3.96. The minimum atomic E-state index is -1.23. The van der Waals surface area contributed by atoms with Gasteiger partial charge in [-0.05, 0) is 12.1 Å². The second-order valence-corrected chi connectivity index (χ2v) is 3.52. The normalized spacial score (nSPS) is 15.1. The summed E-state index contributed by atoms with van der Waals surface area (Å²) in [4.78, 5) is 0. The molecule has 0 fully saturated rings. The fourth-order valence-corrected chi connectivity index (χ4v) is 1.41. The summed E-state index contributed by atoms with van der Waals surface area (Å²) in [5.74, 6) is -0.954. The maximum atomic E-state index is 12.6. The van der Waals surface area contributed by atoms with E-state index in [0.29, 0.717) is 0 Å². The largest absolute Gasteiger partial charge is 0.507 e. The van der Waals surface area contributed by atoms with E-state index in [1.54, 1.807) is 0 Å². The number of hydrogen-bond donors (Lipinski definition) is 3. The van der Waals surface area contributed by atoms with Crippen LogP contribution in [0, 0.1) is 5.82 Å². The molecule has 5 heteroatoms. The Morgan fingerprint density at radius 1 is 1.36 bits per heavy atom. The van der Waals surface area contributed by atoms with Crippen LogP contribution in [0.3, 0.4) is 0 Å². The minimum absolute atomic E-state index is 0.110. The summed E-state index contributed by atoms with van der Waals surface area (Å²) in [5.41, 5.74) is 0.110. The van der Waals surface area contributed by atoms with Crippen molar-refractivity contribution < 1.29 is 19.7 Å². The Morgan fingerprint density at radius 2 is 2.00 bits per heavy atom. The fourth-order valence-electron chi connectivity index (χ4n) is 1.06. The molecule has 1 aromatic carbocycles. The fraction of sp³-hybridized carbons (Fsp3) is 0.333. The van der Waals surface area contributed by atoms with Crippen LogP contribution < -0.4 is 0 Å². The third-order valence-electron chi connectivity index (χ3n) is 1.83. The number of halogens is 2. The maximum absolute atomic E-state index is 12.6. The van der Waals surface area contributed by atoms with Crippen molar-refractivity contribution in [1.82, 2.24) is 0 Å². The first-order chi connectivity index (χ1) is 6.56. The van der Waals surface area contributed by atoms with Gasteiger partial charge < -0.3 is 15.3 Å². The highest BCUT2D eigenvalue weighted by Gasteiger charge is 2.20. The van der Waals surface area contributed by atoms with Gasteiger partial charge in [0.05, 0.1) is 6.10 Å². The quantitative estimate of drug-likeness (QED) is 0.722. The third kappa shape index (κ3) is 2.43. The van der Waals surface area contributed by atoms with Crippen molar-refractivity contribution in [2.75, 3.05) is 5.33 Å². The SMILES string of the molecule is Oc1cc(F)ccc1C(O)C(O)CBr. The Hall–Kier alpha value is -0.650. The molecule has 0 radical (unpaired) electrons. The van der Waals surface area contributed by atoms with Crippen molar-refractivity contribution in [2.45, 2.75) is 12.2 Å². The van der Waals surface area contributed by atoms with Crippen molar-refractivity contribution in [3.8, 4) is 5.75 Å². The summed E-state index contributed by atoms with van der Waals surface area (Å²) in [5, 5.41) is 28.2. The molecule has 0 aliphatic carbocycles. The first-order valence-corrected chi connectivity index (χ1v) is 5.09. The molecule has 0 heterocycles. The number of aliphatic hydroxyl groups excluding tert-OH is 2. The topological polar surface area (TPSA) is 60.7 Å². The lowest BCUT2D eigenvalue weighted by atomic mass is 10.0. The van der Waals surface area contributed by atoms with E-state index in [1.165, 1.54) is 6.07 Å². The smallest absolute Gasteiger partial charge is 0.126 e. The van der Waals surface area contributed by atoms with Gasteiger partial charge in [0.2, 0.25) is 0 Å². The predicted octanol–water partition coefficient (Wildman–Crippen LogP) is 1.32. The number of phenolic OH excluding ortho intramolecular Hbond substituents is 1. The molecule has 2 unspecified atom stereocenters. The molecule has 0 aliphatic rings. The molecular weight excluding hydrogens is 255 g/mol. The summed E-state index contributed by atoms with van der Waals surface area (Å²) in [6.07, 6.45) is -2.26. The predicted molar refractivity (Wildman–Crippen MR) is 52.8 cm³/mol. The summed E-state index contributed by atoms with van der Waals surface area (Å²) in [6.45, 7) is 0. The van der Waals surface area contributed by atoms with E-state index < -0.39 is 18.0 Å². The van der Waals surface area contributed by atoms with Crippen LogP contribution in [0.1, 0.15) is 11.7 Å². The van der Waals surface area contributed by atoms with Gasteiger partial charge in [-0.3, -0.25) is 0 Å². The van der Waals surface area contributed by atoms with Crippen LogP contribution in [0.15, 0.2) is 18.2 Å². The Labute approximate surface area is 88.9 Å². The van der Waals surface area contributed by atoms with Crippen LogP contribution >= 0.6 is 15.9 Å². The van der Waals surface area contributed by atoms with Crippen molar-refractivity contribution >= 4 is 15.9 Å². The number of hydrogen-bond acceptors (Lipinski definition) is 3. The van der Waals surface area contributed by atoms with E-state index in [1.807, 2.05) is 0 Å². The molecule has 0 saturated carbocycles. The van der Waals surface area contributed by atoms with Crippen LogP contribution in [-0.4, -0.2) is 26.8 Å². The number of alkyl halides is 1. The van der Waals surface area contributed by atoms with Crippen LogP contribution in [0.25, 0.3) is 0 Å². The molecule has 14 heavy (non-hydrogen) atoms. The van der Waals surface area contributed by atoms with E-state index in [-0.39, 0.29) is 16.6 Å². The van der Waals surface area contributed by atoms with Crippen molar-refractivity contribution in [3.63, 3.8) is 0 Å². The first kappa shape index (κ1) is 11.4. The Morgan fingerprint density at radius 3 is 2.50 bits per heavy atom. The molecule has 0 aliphatic heterocycles. The monoisotopic (exact) mass is 264 g/mol. The highest BCUT2D eigenvalue weighted by Crippen LogP contribution is 2.27. The van der Waals surface area contributed by atoms with Gasteiger partial charge in [-0.2, -0.15) is 0 Å². The van der Waals surface area contributed by atoms with Crippen molar-refractivity contribution in [1.29, 1.82) is 0 Å². The number of rotatable bonds is 3. The highest BCUT2D eigenvalue weighted by atomic mass is 79.9. The zero-order valence-electron chi connectivity index (χ0n) is 7.19. The molecule has 0 aromatic heterocycles. The van der Waals surface area contributed by atoms with Gasteiger partial charge >= 0.3 is 0 Å². The molecule has 0 saturated heterocycles. The second kappa shape index (κ2) is 4.72. The third-order valence-corrected chi connectivity index (χ3v) is 2.50. The van der Waals surface area contributed by atoms with Gasteiger partial charge in [0.15, 0.2) is 0 Å². The lowest BCUT2D eigenvalue weighted by molar-refractivity contribution is 0.0327. The number of aromatic hydroxyl groups is 1. The Balaban J connectivity index is 2.95. The zero-order chi connectivity index (χ0) is 10.7. The molecule has 3 N–H and O–H groups in total. The van der Waals surface area contributed by atoms with Crippen LogP contribution in [0.4, 0.5) is 4.39 Å². The highest BCUT2D eigenvalue weighted by molar-refractivity contribution is 9.09. The van der Waals surface area contributed by atoms with Gasteiger partial charge in [-0.1, -0.05) is 15.9 Å². The van der Waals surface area contributed by atoms with Gasteiger partial charge in [0, 0.05) is 17.0 Å². The molecule has 2 atom stereocenters. The van der Waals surface area contributed by atoms with Crippen molar-refractivity contribution in [3.05, 3.63) is 29.6 Å². The molecule has 1 aromatic rings. The van der Waals surface area contributed by atoms with Gasteiger partial charge in [0.25, 0.3) is 0 Å². The standard InChI is InChI=1S/C9H10BrFO3/c10-4-8(13)9(14)6-2-1-5(11)3-7(6)12/h1-3,8-9,12-14H,4H2. The molecule has 0 spiro atoms.